The van der Waals surface area contributed by atoms with Crippen LogP contribution >= 0.6 is 0 Å². The fraction of sp³-hybridized carbons (Fsp3) is 0.227. The van der Waals surface area contributed by atoms with Crippen molar-refractivity contribution in [1.82, 2.24) is 4.98 Å². The molecule has 2 aromatic carbocycles. The highest BCUT2D eigenvalue weighted by Crippen LogP contribution is 2.40. The quantitative estimate of drug-likeness (QED) is 0.703. The molecule has 0 aliphatic carbocycles. The smallest absolute Gasteiger partial charge is 0.262 e. The van der Waals surface area contributed by atoms with Gasteiger partial charge in [0.1, 0.15) is 28.4 Å². The van der Waals surface area contributed by atoms with Crippen LogP contribution in [0.1, 0.15) is 30.6 Å². The summed E-state index contributed by atoms with van der Waals surface area (Å²) < 4.78 is 11.3. The zero-order valence-corrected chi connectivity index (χ0v) is 16.1. The van der Waals surface area contributed by atoms with Gasteiger partial charge in [-0.05, 0) is 38.1 Å². The number of amides is 1. The Balaban J connectivity index is 1.49. The minimum Gasteiger partial charge on any atom is -0.507 e. The van der Waals surface area contributed by atoms with Crippen molar-refractivity contribution >= 4 is 28.3 Å². The molecule has 1 aliphatic rings. The van der Waals surface area contributed by atoms with Gasteiger partial charge >= 0.3 is 0 Å². The second-order valence-electron chi connectivity index (χ2n) is 7.49. The number of pyridine rings is 1. The standard InChI is InChI=1S/C22H20N2O5/c1-22(2)11-18(26)21-17(25)9-13(10-19(21)29-22)28-12-20(27)24-16-7-3-6-15-14(16)5-4-8-23-15/h3-10,25H,11-12H2,1-2H3,(H,24,27). The molecular weight excluding hydrogens is 372 g/mol. The van der Waals surface area contributed by atoms with Gasteiger partial charge in [-0.1, -0.05) is 6.07 Å². The van der Waals surface area contributed by atoms with Gasteiger partial charge in [0.2, 0.25) is 0 Å². The second kappa shape index (κ2) is 7.09. The van der Waals surface area contributed by atoms with Crippen LogP contribution in [0.5, 0.6) is 17.2 Å². The molecule has 0 fully saturated rings. The van der Waals surface area contributed by atoms with Crippen LogP contribution in [0, 0.1) is 0 Å². The van der Waals surface area contributed by atoms with E-state index < -0.39 is 5.60 Å². The number of aromatic nitrogens is 1. The molecule has 0 spiro atoms. The van der Waals surface area contributed by atoms with Crippen molar-refractivity contribution in [3.63, 3.8) is 0 Å². The van der Waals surface area contributed by atoms with Crippen molar-refractivity contribution < 1.29 is 24.2 Å². The summed E-state index contributed by atoms with van der Waals surface area (Å²) in [5.74, 6) is -0.291. The summed E-state index contributed by atoms with van der Waals surface area (Å²) in [7, 11) is 0. The number of nitrogens with zero attached hydrogens (tertiary/aromatic N) is 1. The Morgan fingerprint density at radius 2 is 2.10 bits per heavy atom. The lowest BCUT2D eigenvalue weighted by molar-refractivity contribution is -0.118. The van der Waals surface area contributed by atoms with Crippen LogP contribution in [-0.2, 0) is 4.79 Å². The van der Waals surface area contributed by atoms with Gasteiger partial charge in [0.05, 0.1) is 17.6 Å². The summed E-state index contributed by atoms with van der Waals surface area (Å²) in [6.45, 7) is 3.32. The Morgan fingerprint density at radius 3 is 2.93 bits per heavy atom. The first kappa shape index (κ1) is 18.7. The number of carbonyl (C=O) groups excluding carboxylic acids is 2. The third kappa shape index (κ3) is 3.85. The van der Waals surface area contributed by atoms with Crippen molar-refractivity contribution in [2.75, 3.05) is 11.9 Å². The van der Waals surface area contributed by atoms with Gasteiger partial charge in [0.15, 0.2) is 12.4 Å². The number of hydrogen-bond acceptors (Lipinski definition) is 6. The maximum atomic E-state index is 12.4. The van der Waals surface area contributed by atoms with Crippen LogP contribution in [0.4, 0.5) is 5.69 Å². The van der Waals surface area contributed by atoms with Crippen LogP contribution in [0.2, 0.25) is 0 Å². The Hall–Kier alpha value is -3.61. The van der Waals surface area contributed by atoms with Gasteiger partial charge in [-0.25, -0.2) is 0 Å². The summed E-state index contributed by atoms with van der Waals surface area (Å²) in [6.07, 6.45) is 1.86. The molecule has 1 amide bonds. The Morgan fingerprint density at radius 1 is 1.28 bits per heavy atom. The average molecular weight is 392 g/mol. The van der Waals surface area contributed by atoms with Gasteiger partial charge in [-0.2, -0.15) is 0 Å². The number of fused-ring (bicyclic) bond motifs is 2. The first-order chi connectivity index (χ1) is 13.8. The highest BCUT2D eigenvalue weighted by molar-refractivity contribution is 6.03. The molecule has 2 N–H and O–H groups in total. The number of hydrogen-bond donors (Lipinski definition) is 2. The molecule has 4 rings (SSSR count). The SMILES string of the molecule is CC1(C)CC(=O)c2c(O)cc(OCC(=O)Nc3cccc4ncccc34)cc2O1. The molecule has 3 aromatic rings. The van der Waals surface area contributed by atoms with E-state index in [9.17, 15) is 14.7 Å². The van der Waals surface area contributed by atoms with E-state index in [4.69, 9.17) is 9.47 Å². The largest absolute Gasteiger partial charge is 0.507 e. The topological polar surface area (TPSA) is 97.8 Å². The van der Waals surface area contributed by atoms with Crippen LogP contribution < -0.4 is 14.8 Å². The number of phenolic OH excluding ortho intramolecular Hbond substituents is 1. The molecular formula is C22H20N2O5. The first-order valence-corrected chi connectivity index (χ1v) is 9.18. The maximum absolute atomic E-state index is 12.4. The number of ether oxygens (including phenoxy) is 2. The van der Waals surface area contributed by atoms with Crippen molar-refractivity contribution in [1.29, 1.82) is 0 Å². The number of rotatable bonds is 4. The number of anilines is 1. The molecule has 0 saturated heterocycles. The minimum atomic E-state index is -0.672. The summed E-state index contributed by atoms with van der Waals surface area (Å²) in [5, 5.41) is 13.8. The first-order valence-electron chi connectivity index (χ1n) is 9.18. The maximum Gasteiger partial charge on any atom is 0.262 e. The molecule has 0 saturated carbocycles. The van der Waals surface area contributed by atoms with E-state index in [0.717, 1.165) is 10.9 Å². The summed E-state index contributed by atoms with van der Waals surface area (Å²) in [4.78, 5) is 28.9. The van der Waals surface area contributed by atoms with E-state index in [1.54, 1.807) is 32.2 Å². The van der Waals surface area contributed by atoms with Gasteiger partial charge in [-0.3, -0.25) is 14.6 Å². The lowest BCUT2D eigenvalue weighted by atomic mass is 9.92. The van der Waals surface area contributed by atoms with Crippen LogP contribution in [0.25, 0.3) is 10.9 Å². The highest BCUT2D eigenvalue weighted by Gasteiger charge is 2.35. The number of nitrogens with one attached hydrogen (secondary N) is 1. The highest BCUT2D eigenvalue weighted by atomic mass is 16.5. The Kier molecular flexibility index (Phi) is 4.58. The molecule has 1 aromatic heterocycles. The summed E-state index contributed by atoms with van der Waals surface area (Å²) in [6, 6.07) is 12.0. The number of ketones is 1. The number of Topliss-reactive ketones (excluding diaryl/α,β-unsaturated/α-hetero) is 1. The summed E-state index contributed by atoms with van der Waals surface area (Å²) in [5.41, 5.74) is 0.877. The van der Waals surface area contributed by atoms with Crippen molar-refractivity contribution in [2.45, 2.75) is 25.9 Å². The molecule has 29 heavy (non-hydrogen) atoms. The number of aromatic hydroxyl groups is 1. The zero-order chi connectivity index (χ0) is 20.6. The molecule has 0 atom stereocenters. The van der Waals surface area contributed by atoms with Crippen LogP contribution in [-0.4, -0.2) is 34.0 Å². The van der Waals surface area contributed by atoms with Crippen molar-refractivity contribution in [2.24, 2.45) is 0 Å². The predicted octanol–water partition coefficient (Wildman–Crippen LogP) is 3.70. The van der Waals surface area contributed by atoms with Crippen LogP contribution in [0.15, 0.2) is 48.7 Å². The number of carbonyl (C=O) groups is 2. The van der Waals surface area contributed by atoms with E-state index in [1.807, 2.05) is 18.2 Å². The van der Waals surface area contributed by atoms with E-state index in [-0.39, 0.29) is 47.5 Å². The fourth-order valence-corrected chi connectivity index (χ4v) is 3.38. The average Bonchev–Trinajstić information content (AvgIpc) is 2.65. The van der Waals surface area contributed by atoms with Crippen molar-refractivity contribution in [3.8, 4) is 17.2 Å². The van der Waals surface area contributed by atoms with Gasteiger partial charge < -0.3 is 19.9 Å². The molecule has 7 heteroatoms. The molecule has 0 unspecified atom stereocenters. The van der Waals surface area contributed by atoms with E-state index in [2.05, 4.69) is 10.3 Å². The molecule has 148 valence electrons. The zero-order valence-electron chi connectivity index (χ0n) is 16.1. The molecule has 2 heterocycles. The lowest BCUT2D eigenvalue weighted by Crippen LogP contribution is -2.35. The molecule has 0 bridgehead atoms. The Bertz CT molecular complexity index is 1120. The van der Waals surface area contributed by atoms with E-state index in [1.165, 1.54) is 12.1 Å². The van der Waals surface area contributed by atoms with E-state index in [0.29, 0.717) is 5.69 Å². The second-order valence-corrected chi connectivity index (χ2v) is 7.49. The molecule has 7 nitrogen and oxygen atoms in total. The normalized spacial score (nSPS) is 14.8. The van der Waals surface area contributed by atoms with E-state index >= 15 is 0 Å². The third-order valence-corrected chi connectivity index (χ3v) is 4.60. The van der Waals surface area contributed by atoms with Gasteiger partial charge in [-0.15, -0.1) is 0 Å². The number of benzene rings is 2. The van der Waals surface area contributed by atoms with Gasteiger partial charge in [0, 0.05) is 23.7 Å². The molecule has 1 aliphatic heterocycles. The monoisotopic (exact) mass is 392 g/mol. The molecule has 0 radical (unpaired) electrons. The minimum absolute atomic E-state index is 0.143. The lowest BCUT2D eigenvalue weighted by Gasteiger charge is -2.32. The third-order valence-electron chi connectivity index (χ3n) is 4.60. The number of phenols is 1. The predicted molar refractivity (Wildman–Crippen MR) is 108 cm³/mol. The van der Waals surface area contributed by atoms with Crippen molar-refractivity contribution in [3.05, 3.63) is 54.2 Å². The fourth-order valence-electron chi connectivity index (χ4n) is 3.38. The van der Waals surface area contributed by atoms with Gasteiger partial charge in [0.25, 0.3) is 5.91 Å². The Labute approximate surface area is 167 Å². The summed E-state index contributed by atoms with van der Waals surface area (Å²) >= 11 is 0. The van der Waals surface area contributed by atoms with Crippen LogP contribution in [0.3, 0.4) is 0 Å².